The zero-order valence-electron chi connectivity index (χ0n) is 11.1. The first-order valence-corrected chi connectivity index (χ1v) is 6.26. The number of amides is 1. The van der Waals surface area contributed by atoms with Crippen molar-refractivity contribution in [2.24, 2.45) is 0 Å². The van der Waals surface area contributed by atoms with E-state index in [4.69, 9.17) is 5.73 Å². The predicted molar refractivity (Wildman–Crippen MR) is 72.6 cm³/mol. The number of hydrogen-bond donors (Lipinski definition) is 3. The van der Waals surface area contributed by atoms with Crippen LogP contribution in [0.2, 0.25) is 0 Å². The van der Waals surface area contributed by atoms with Crippen LogP contribution in [0.15, 0.2) is 18.5 Å². The van der Waals surface area contributed by atoms with Gasteiger partial charge in [-0.2, -0.15) is 5.10 Å². The van der Waals surface area contributed by atoms with Gasteiger partial charge in [0.1, 0.15) is 11.6 Å². The van der Waals surface area contributed by atoms with Crippen LogP contribution in [0, 0.1) is 12.7 Å². The van der Waals surface area contributed by atoms with Crippen molar-refractivity contribution in [1.82, 2.24) is 20.5 Å². The van der Waals surface area contributed by atoms with Crippen molar-refractivity contribution in [3.63, 3.8) is 0 Å². The Labute approximate surface area is 115 Å². The molecule has 106 valence electrons. The van der Waals surface area contributed by atoms with Crippen LogP contribution in [0.4, 0.5) is 10.2 Å². The quantitative estimate of drug-likeness (QED) is 0.715. The number of carbonyl (C=O) groups is 1. The highest BCUT2D eigenvalue weighted by Crippen LogP contribution is 2.10. The topological polar surface area (TPSA) is 96.7 Å². The number of halogens is 1. The van der Waals surface area contributed by atoms with Gasteiger partial charge in [-0.15, -0.1) is 0 Å². The van der Waals surface area contributed by atoms with Gasteiger partial charge in [-0.1, -0.05) is 0 Å². The SMILES string of the molecule is Cc1[nH]ncc1CCCNC(=O)c1cc(F)cnc1N. The number of anilines is 1. The van der Waals surface area contributed by atoms with Crippen LogP contribution < -0.4 is 11.1 Å². The predicted octanol–water partition coefficient (Wildman–Crippen LogP) is 1.20. The summed E-state index contributed by atoms with van der Waals surface area (Å²) in [6.45, 7) is 2.42. The molecule has 4 N–H and O–H groups in total. The van der Waals surface area contributed by atoms with Gasteiger partial charge in [-0.25, -0.2) is 9.37 Å². The molecule has 0 aromatic carbocycles. The van der Waals surface area contributed by atoms with Crippen LogP contribution >= 0.6 is 0 Å². The zero-order chi connectivity index (χ0) is 14.5. The number of pyridine rings is 1. The van der Waals surface area contributed by atoms with Crippen LogP contribution in [-0.2, 0) is 6.42 Å². The molecule has 0 aliphatic carbocycles. The lowest BCUT2D eigenvalue weighted by atomic mass is 10.1. The van der Waals surface area contributed by atoms with Crippen LogP contribution in [0.5, 0.6) is 0 Å². The summed E-state index contributed by atoms with van der Waals surface area (Å²) in [5.41, 5.74) is 7.74. The van der Waals surface area contributed by atoms with E-state index in [0.717, 1.165) is 36.4 Å². The fourth-order valence-electron chi connectivity index (χ4n) is 1.84. The summed E-state index contributed by atoms with van der Waals surface area (Å²) in [5, 5.41) is 9.47. The van der Waals surface area contributed by atoms with Gasteiger partial charge in [-0.05, 0) is 31.4 Å². The molecule has 20 heavy (non-hydrogen) atoms. The number of H-pyrrole nitrogens is 1. The van der Waals surface area contributed by atoms with Crippen molar-refractivity contribution in [1.29, 1.82) is 0 Å². The highest BCUT2D eigenvalue weighted by Gasteiger charge is 2.11. The van der Waals surface area contributed by atoms with E-state index in [-0.39, 0.29) is 11.4 Å². The number of carbonyl (C=O) groups excluding carboxylic acids is 1. The minimum Gasteiger partial charge on any atom is -0.383 e. The molecule has 0 fully saturated rings. The monoisotopic (exact) mass is 277 g/mol. The van der Waals surface area contributed by atoms with E-state index in [1.807, 2.05) is 6.92 Å². The molecule has 2 aromatic heterocycles. The van der Waals surface area contributed by atoms with Crippen molar-refractivity contribution < 1.29 is 9.18 Å². The van der Waals surface area contributed by atoms with Gasteiger partial charge in [0.05, 0.1) is 18.0 Å². The smallest absolute Gasteiger partial charge is 0.255 e. The molecule has 7 heteroatoms. The van der Waals surface area contributed by atoms with Crippen molar-refractivity contribution >= 4 is 11.7 Å². The molecule has 2 rings (SSSR count). The average Bonchev–Trinajstić information content (AvgIpc) is 2.83. The summed E-state index contributed by atoms with van der Waals surface area (Å²) < 4.78 is 13.0. The largest absolute Gasteiger partial charge is 0.383 e. The van der Waals surface area contributed by atoms with E-state index >= 15 is 0 Å². The van der Waals surface area contributed by atoms with Gasteiger partial charge in [0.15, 0.2) is 0 Å². The van der Waals surface area contributed by atoms with Crippen molar-refractivity contribution in [2.75, 3.05) is 12.3 Å². The first kappa shape index (κ1) is 14.0. The second kappa shape index (κ2) is 6.14. The van der Waals surface area contributed by atoms with E-state index in [2.05, 4.69) is 20.5 Å². The maximum Gasteiger partial charge on any atom is 0.255 e. The van der Waals surface area contributed by atoms with Gasteiger partial charge in [0.25, 0.3) is 5.91 Å². The van der Waals surface area contributed by atoms with Crippen molar-refractivity contribution in [3.05, 3.63) is 41.1 Å². The number of rotatable bonds is 5. The summed E-state index contributed by atoms with van der Waals surface area (Å²) in [4.78, 5) is 15.4. The summed E-state index contributed by atoms with van der Waals surface area (Å²) in [7, 11) is 0. The summed E-state index contributed by atoms with van der Waals surface area (Å²) >= 11 is 0. The second-order valence-corrected chi connectivity index (χ2v) is 4.47. The molecular weight excluding hydrogens is 261 g/mol. The number of aromatic amines is 1. The molecule has 0 spiro atoms. The summed E-state index contributed by atoms with van der Waals surface area (Å²) in [6.07, 6.45) is 4.31. The lowest BCUT2D eigenvalue weighted by Crippen LogP contribution is -2.26. The maximum atomic E-state index is 13.0. The van der Waals surface area contributed by atoms with Crippen LogP contribution in [0.1, 0.15) is 28.0 Å². The van der Waals surface area contributed by atoms with Gasteiger partial charge in [-0.3, -0.25) is 9.89 Å². The van der Waals surface area contributed by atoms with Gasteiger partial charge < -0.3 is 11.1 Å². The van der Waals surface area contributed by atoms with E-state index in [9.17, 15) is 9.18 Å². The third-order valence-electron chi connectivity index (χ3n) is 2.97. The zero-order valence-corrected chi connectivity index (χ0v) is 11.1. The number of aryl methyl sites for hydroxylation is 2. The molecule has 0 saturated carbocycles. The Hall–Kier alpha value is -2.44. The molecule has 0 aliphatic rings. The van der Waals surface area contributed by atoms with E-state index in [0.29, 0.717) is 6.54 Å². The van der Waals surface area contributed by atoms with Crippen LogP contribution in [0.25, 0.3) is 0 Å². The molecule has 6 nitrogen and oxygen atoms in total. The first-order valence-electron chi connectivity index (χ1n) is 6.26. The number of nitrogens with two attached hydrogens (primary N) is 1. The van der Waals surface area contributed by atoms with Crippen LogP contribution in [0.3, 0.4) is 0 Å². The Kier molecular flexibility index (Phi) is 4.29. The lowest BCUT2D eigenvalue weighted by molar-refractivity contribution is 0.0953. The van der Waals surface area contributed by atoms with Gasteiger partial charge in [0, 0.05) is 12.2 Å². The number of nitrogens with zero attached hydrogens (tertiary/aromatic N) is 2. The van der Waals surface area contributed by atoms with Crippen LogP contribution in [-0.4, -0.2) is 27.6 Å². The normalized spacial score (nSPS) is 10.5. The summed E-state index contributed by atoms with van der Waals surface area (Å²) in [6, 6.07) is 1.08. The molecule has 0 unspecified atom stereocenters. The van der Waals surface area contributed by atoms with E-state index in [1.165, 1.54) is 0 Å². The Bertz CT molecular complexity index is 611. The highest BCUT2D eigenvalue weighted by molar-refractivity contribution is 5.98. The van der Waals surface area contributed by atoms with Crippen molar-refractivity contribution in [3.8, 4) is 0 Å². The summed E-state index contributed by atoms with van der Waals surface area (Å²) in [5.74, 6) is -0.980. The molecule has 0 aliphatic heterocycles. The minimum atomic E-state index is -0.585. The van der Waals surface area contributed by atoms with Gasteiger partial charge in [0.2, 0.25) is 0 Å². The maximum absolute atomic E-state index is 13.0. The average molecular weight is 277 g/mol. The molecule has 0 bridgehead atoms. The fraction of sp³-hybridized carbons (Fsp3) is 0.308. The Morgan fingerprint density at radius 2 is 2.30 bits per heavy atom. The number of hydrogen-bond acceptors (Lipinski definition) is 4. The molecule has 2 heterocycles. The van der Waals surface area contributed by atoms with E-state index < -0.39 is 11.7 Å². The lowest BCUT2D eigenvalue weighted by Gasteiger charge is -2.06. The number of aromatic nitrogens is 3. The molecule has 0 atom stereocenters. The number of nitrogens with one attached hydrogen (secondary N) is 2. The molecule has 0 saturated heterocycles. The Morgan fingerprint density at radius 1 is 1.50 bits per heavy atom. The highest BCUT2D eigenvalue weighted by atomic mass is 19.1. The Morgan fingerprint density at radius 3 is 3.00 bits per heavy atom. The minimum absolute atomic E-state index is 0.0228. The molecule has 0 radical (unpaired) electrons. The Balaban J connectivity index is 1.83. The van der Waals surface area contributed by atoms with Gasteiger partial charge >= 0.3 is 0 Å². The van der Waals surface area contributed by atoms with E-state index in [1.54, 1.807) is 6.20 Å². The third-order valence-corrected chi connectivity index (χ3v) is 2.97. The molecular formula is C13H16FN5O. The fourth-order valence-corrected chi connectivity index (χ4v) is 1.84. The molecule has 1 amide bonds. The molecule has 2 aromatic rings. The number of nitrogen functional groups attached to an aromatic ring is 1. The third kappa shape index (κ3) is 3.31. The van der Waals surface area contributed by atoms with Crippen molar-refractivity contribution in [2.45, 2.75) is 19.8 Å². The second-order valence-electron chi connectivity index (χ2n) is 4.47. The standard InChI is InChI=1S/C13H16FN5O/c1-8-9(6-18-19-8)3-2-4-16-13(20)11-5-10(14)7-17-12(11)15/h5-7H,2-4H2,1H3,(H2,15,17)(H,16,20)(H,18,19). The first-order chi connectivity index (χ1) is 9.58.